The monoisotopic (exact) mass is 367 g/mol. The molecule has 3 rings (SSSR count). The molecule has 1 saturated heterocycles. The fourth-order valence-electron chi connectivity index (χ4n) is 3.40. The first-order chi connectivity index (χ1) is 12.9. The maximum Gasteiger partial charge on any atom is 0.238 e. The number of carbonyl (C=O) groups excluding carboxylic acids is 1. The van der Waals surface area contributed by atoms with Gasteiger partial charge in [-0.3, -0.25) is 9.69 Å². The number of anilines is 1. The van der Waals surface area contributed by atoms with Crippen LogP contribution in [0, 0.1) is 5.41 Å². The second-order valence-corrected chi connectivity index (χ2v) is 7.94. The summed E-state index contributed by atoms with van der Waals surface area (Å²) in [5, 5.41) is 2.96. The third-order valence-corrected chi connectivity index (χ3v) is 5.14. The van der Waals surface area contributed by atoms with Gasteiger partial charge < -0.3 is 15.8 Å². The first-order valence-electron chi connectivity index (χ1n) is 9.47. The largest absolute Gasteiger partial charge is 0.489 e. The van der Waals surface area contributed by atoms with Crippen molar-refractivity contribution in [2.75, 3.05) is 25.0 Å². The molecule has 0 bridgehead atoms. The normalized spacial score (nSPS) is 19.4. The van der Waals surface area contributed by atoms with E-state index in [9.17, 15) is 4.79 Å². The molecule has 1 atom stereocenters. The number of nitrogens with one attached hydrogen (secondary N) is 1. The molecule has 2 aromatic carbocycles. The molecule has 1 aliphatic rings. The van der Waals surface area contributed by atoms with Crippen molar-refractivity contribution in [1.29, 1.82) is 0 Å². The third-order valence-electron chi connectivity index (χ3n) is 5.14. The van der Waals surface area contributed by atoms with Crippen LogP contribution in [0.1, 0.15) is 25.8 Å². The maximum absolute atomic E-state index is 12.4. The molecule has 144 valence electrons. The van der Waals surface area contributed by atoms with Crippen LogP contribution in [0.4, 0.5) is 5.69 Å². The summed E-state index contributed by atoms with van der Waals surface area (Å²) in [4.78, 5) is 14.5. The Labute approximate surface area is 161 Å². The van der Waals surface area contributed by atoms with Gasteiger partial charge in [-0.2, -0.15) is 0 Å². The van der Waals surface area contributed by atoms with Crippen LogP contribution in [0.3, 0.4) is 0 Å². The van der Waals surface area contributed by atoms with Crippen LogP contribution in [0.2, 0.25) is 0 Å². The Balaban J connectivity index is 1.47. The molecule has 0 aromatic heterocycles. The average Bonchev–Trinajstić information content (AvgIpc) is 2.65. The molecule has 1 amide bonds. The highest BCUT2D eigenvalue weighted by atomic mass is 16.5. The summed E-state index contributed by atoms with van der Waals surface area (Å²) in [6, 6.07) is 17.7. The molecule has 27 heavy (non-hydrogen) atoms. The van der Waals surface area contributed by atoms with Crippen LogP contribution >= 0.6 is 0 Å². The van der Waals surface area contributed by atoms with Crippen LogP contribution in [-0.4, -0.2) is 36.5 Å². The molecule has 0 spiro atoms. The van der Waals surface area contributed by atoms with Crippen molar-refractivity contribution in [3.63, 3.8) is 0 Å². The Hall–Kier alpha value is -2.37. The van der Waals surface area contributed by atoms with Crippen molar-refractivity contribution in [3.8, 4) is 5.75 Å². The Morgan fingerprint density at radius 3 is 2.56 bits per heavy atom. The molecule has 0 radical (unpaired) electrons. The van der Waals surface area contributed by atoms with E-state index < -0.39 is 0 Å². The molecule has 0 aliphatic carbocycles. The average molecular weight is 367 g/mol. The zero-order valence-corrected chi connectivity index (χ0v) is 16.2. The lowest BCUT2D eigenvalue weighted by Gasteiger charge is -2.42. The molecule has 2 aromatic rings. The van der Waals surface area contributed by atoms with E-state index in [4.69, 9.17) is 10.5 Å². The fraction of sp³-hybridized carbons (Fsp3) is 0.409. The van der Waals surface area contributed by atoms with Crippen molar-refractivity contribution < 1.29 is 9.53 Å². The molecular formula is C22H29N3O2. The van der Waals surface area contributed by atoms with Crippen molar-refractivity contribution in [3.05, 3.63) is 60.2 Å². The van der Waals surface area contributed by atoms with Gasteiger partial charge in [-0.25, -0.2) is 0 Å². The minimum absolute atomic E-state index is 0.000717. The summed E-state index contributed by atoms with van der Waals surface area (Å²) in [5.74, 6) is 0.780. The van der Waals surface area contributed by atoms with Crippen molar-refractivity contribution in [2.45, 2.75) is 32.9 Å². The van der Waals surface area contributed by atoms with Gasteiger partial charge in [-0.1, -0.05) is 44.2 Å². The lowest BCUT2D eigenvalue weighted by molar-refractivity contribution is -0.118. The number of rotatable bonds is 6. The first-order valence-corrected chi connectivity index (χ1v) is 9.47. The maximum atomic E-state index is 12.4. The zero-order chi connectivity index (χ0) is 19.3. The molecule has 1 unspecified atom stereocenters. The van der Waals surface area contributed by atoms with E-state index in [0.717, 1.165) is 36.5 Å². The quantitative estimate of drug-likeness (QED) is 0.822. The van der Waals surface area contributed by atoms with Gasteiger partial charge >= 0.3 is 0 Å². The number of benzene rings is 2. The highest BCUT2D eigenvalue weighted by Crippen LogP contribution is 2.27. The van der Waals surface area contributed by atoms with Crippen LogP contribution in [0.15, 0.2) is 54.6 Å². The van der Waals surface area contributed by atoms with Crippen LogP contribution in [0.5, 0.6) is 5.75 Å². The number of amides is 1. The molecule has 5 heteroatoms. The van der Waals surface area contributed by atoms with Gasteiger partial charge in [-0.15, -0.1) is 0 Å². The highest BCUT2D eigenvalue weighted by molar-refractivity contribution is 5.92. The van der Waals surface area contributed by atoms with Crippen molar-refractivity contribution >= 4 is 11.6 Å². The zero-order valence-electron chi connectivity index (χ0n) is 16.2. The van der Waals surface area contributed by atoms with Gasteiger partial charge in [0.1, 0.15) is 12.4 Å². The fourth-order valence-corrected chi connectivity index (χ4v) is 3.40. The van der Waals surface area contributed by atoms with E-state index in [1.165, 1.54) is 0 Å². The van der Waals surface area contributed by atoms with E-state index in [0.29, 0.717) is 13.2 Å². The number of ether oxygens (including phenoxy) is 1. The molecule has 0 saturated carbocycles. The number of nitrogens with zero attached hydrogens (tertiary/aromatic N) is 1. The Morgan fingerprint density at radius 1 is 1.19 bits per heavy atom. The number of carbonyl (C=O) groups is 1. The number of likely N-dealkylation sites (tertiary alicyclic amines) is 1. The Bertz CT molecular complexity index is 744. The molecule has 1 fully saturated rings. The van der Waals surface area contributed by atoms with Crippen molar-refractivity contribution in [2.24, 2.45) is 11.1 Å². The Morgan fingerprint density at radius 2 is 1.89 bits per heavy atom. The van der Waals surface area contributed by atoms with Crippen LogP contribution < -0.4 is 15.8 Å². The summed E-state index contributed by atoms with van der Waals surface area (Å²) < 4.78 is 5.77. The lowest BCUT2D eigenvalue weighted by Crippen LogP contribution is -2.53. The van der Waals surface area contributed by atoms with E-state index in [-0.39, 0.29) is 17.4 Å². The van der Waals surface area contributed by atoms with E-state index >= 15 is 0 Å². The number of piperidine rings is 1. The summed E-state index contributed by atoms with van der Waals surface area (Å²) in [5.41, 5.74) is 8.11. The summed E-state index contributed by atoms with van der Waals surface area (Å²) in [6.45, 7) is 6.95. The van der Waals surface area contributed by atoms with Crippen LogP contribution in [-0.2, 0) is 11.4 Å². The van der Waals surface area contributed by atoms with Crippen molar-refractivity contribution in [1.82, 2.24) is 4.90 Å². The standard InChI is InChI=1S/C22H29N3O2/c1-22(2)16-25(13-12-20(22)23)14-21(26)24-18-8-10-19(11-9-18)27-15-17-6-4-3-5-7-17/h3-11,20H,12-16,23H2,1-2H3,(H,24,26). The number of nitrogens with two attached hydrogens (primary N) is 1. The summed E-state index contributed by atoms with van der Waals surface area (Å²) >= 11 is 0. The minimum Gasteiger partial charge on any atom is -0.489 e. The molecule has 5 nitrogen and oxygen atoms in total. The number of hydrogen-bond donors (Lipinski definition) is 2. The highest BCUT2D eigenvalue weighted by Gasteiger charge is 2.33. The van der Waals surface area contributed by atoms with Gasteiger partial charge in [0.15, 0.2) is 0 Å². The summed E-state index contributed by atoms with van der Waals surface area (Å²) in [7, 11) is 0. The van der Waals surface area contributed by atoms with Gasteiger partial charge in [0.2, 0.25) is 5.91 Å². The van der Waals surface area contributed by atoms with Crippen LogP contribution in [0.25, 0.3) is 0 Å². The van der Waals surface area contributed by atoms with Gasteiger partial charge in [0, 0.05) is 24.8 Å². The first kappa shape index (κ1) is 19.4. The Kier molecular flexibility index (Phi) is 6.14. The van der Waals surface area contributed by atoms with Gasteiger partial charge in [-0.05, 0) is 41.7 Å². The topological polar surface area (TPSA) is 67.6 Å². The molecular weight excluding hydrogens is 338 g/mol. The van der Waals surface area contributed by atoms with E-state index in [1.807, 2.05) is 54.6 Å². The second kappa shape index (κ2) is 8.55. The minimum atomic E-state index is -0.000717. The SMILES string of the molecule is CC1(C)CN(CC(=O)Nc2ccc(OCc3ccccc3)cc2)CCC1N. The number of hydrogen-bond acceptors (Lipinski definition) is 4. The van der Waals surface area contributed by atoms with Gasteiger partial charge in [0.05, 0.1) is 6.54 Å². The predicted octanol–water partition coefficient (Wildman–Crippen LogP) is 3.26. The van der Waals surface area contributed by atoms with E-state index in [1.54, 1.807) is 0 Å². The second-order valence-electron chi connectivity index (χ2n) is 7.94. The van der Waals surface area contributed by atoms with E-state index in [2.05, 4.69) is 24.1 Å². The summed E-state index contributed by atoms with van der Waals surface area (Å²) in [6.07, 6.45) is 0.924. The molecule has 1 heterocycles. The third kappa shape index (κ3) is 5.55. The predicted molar refractivity (Wildman–Crippen MR) is 109 cm³/mol. The smallest absolute Gasteiger partial charge is 0.238 e. The molecule has 3 N–H and O–H groups in total. The molecule has 1 aliphatic heterocycles. The lowest BCUT2D eigenvalue weighted by atomic mass is 9.80. The van der Waals surface area contributed by atoms with Gasteiger partial charge in [0.25, 0.3) is 0 Å².